The fourth-order valence-electron chi connectivity index (χ4n) is 4.87. The number of aliphatic hydroxyl groups excluding tert-OH is 1. The Balaban J connectivity index is 1.38. The first-order chi connectivity index (χ1) is 18.0. The molecule has 11 nitrogen and oxygen atoms in total. The summed E-state index contributed by atoms with van der Waals surface area (Å²) in [6.07, 6.45) is 6.59. The zero-order valence-electron chi connectivity index (χ0n) is 20.9. The van der Waals surface area contributed by atoms with Gasteiger partial charge in [0.25, 0.3) is 11.5 Å². The van der Waals surface area contributed by atoms with Gasteiger partial charge in [-0.15, -0.1) is 0 Å². The number of amides is 1. The molecule has 4 heterocycles. The monoisotopic (exact) mass is 512 g/mol. The molecule has 2 fully saturated rings. The molecule has 37 heavy (non-hydrogen) atoms. The SMILES string of the molecule is CNc1cc(Nc2cccn(C3CCN(CCF)CC3)c2=O)nc2c(C(=O)NCC3(CO)CC3)cnn12. The molecule has 3 aromatic heterocycles. The van der Waals surface area contributed by atoms with Crippen LogP contribution < -0.4 is 21.5 Å². The minimum atomic E-state index is -0.361. The Morgan fingerprint density at radius 1 is 1.30 bits per heavy atom. The van der Waals surface area contributed by atoms with E-state index in [4.69, 9.17) is 0 Å². The number of nitrogens with zero attached hydrogens (tertiary/aromatic N) is 5. The molecule has 0 unspecified atom stereocenters. The summed E-state index contributed by atoms with van der Waals surface area (Å²) in [4.78, 5) is 32.9. The summed E-state index contributed by atoms with van der Waals surface area (Å²) >= 11 is 0. The van der Waals surface area contributed by atoms with Crippen molar-refractivity contribution in [3.63, 3.8) is 0 Å². The summed E-state index contributed by atoms with van der Waals surface area (Å²) in [6, 6.07) is 5.29. The van der Waals surface area contributed by atoms with E-state index in [0.29, 0.717) is 41.6 Å². The maximum absolute atomic E-state index is 13.3. The van der Waals surface area contributed by atoms with Gasteiger partial charge < -0.3 is 30.5 Å². The van der Waals surface area contributed by atoms with Crippen molar-refractivity contribution in [2.45, 2.75) is 31.7 Å². The highest BCUT2D eigenvalue weighted by molar-refractivity contribution is 6.00. The third-order valence-corrected chi connectivity index (χ3v) is 7.48. The van der Waals surface area contributed by atoms with Crippen LogP contribution in [0.2, 0.25) is 0 Å². The van der Waals surface area contributed by atoms with Crippen LogP contribution >= 0.6 is 0 Å². The molecule has 4 N–H and O–H groups in total. The number of fused-ring (bicyclic) bond motifs is 1. The van der Waals surface area contributed by atoms with E-state index in [0.717, 1.165) is 38.8 Å². The molecule has 0 spiro atoms. The van der Waals surface area contributed by atoms with Crippen LogP contribution in [0.3, 0.4) is 0 Å². The number of carbonyl (C=O) groups excluding carboxylic acids is 1. The van der Waals surface area contributed by atoms with Gasteiger partial charge in [0.05, 0.1) is 12.8 Å². The molecule has 2 aliphatic rings. The number of pyridine rings is 1. The summed E-state index contributed by atoms with van der Waals surface area (Å²) in [5.74, 6) is 0.674. The molecule has 198 valence electrons. The number of aromatic nitrogens is 4. The van der Waals surface area contributed by atoms with E-state index in [1.165, 1.54) is 10.7 Å². The van der Waals surface area contributed by atoms with Gasteiger partial charge in [0.2, 0.25) is 0 Å². The van der Waals surface area contributed by atoms with E-state index < -0.39 is 0 Å². The van der Waals surface area contributed by atoms with E-state index in [1.807, 2.05) is 6.07 Å². The standard InChI is InChI=1S/C25H33FN8O3/c1-27-21-13-20(31-22-18(14-29-34(21)22)23(36)28-15-25(16-35)6-7-25)30-19-3-2-9-33(24(19)37)17-4-10-32(11-5-17)12-8-26/h2-3,9,13-14,17,27,35H,4-8,10-12,15-16H2,1H3,(H,28,36)(H,30,31). The summed E-state index contributed by atoms with van der Waals surface area (Å²) in [5.41, 5.74) is 0.643. The van der Waals surface area contributed by atoms with Crippen molar-refractivity contribution < 1.29 is 14.3 Å². The largest absolute Gasteiger partial charge is 0.396 e. The molecule has 12 heteroatoms. The van der Waals surface area contributed by atoms with Crippen molar-refractivity contribution in [1.29, 1.82) is 0 Å². The number of hydrogen-bond acceptors (Lipinski definition) is 8. The molecule has 1 saturated heterocycles. The van der Waals surface area contributed by atoms with Crippen LogP contribution in [0, 0.1) is 5.41 Å². The van der Waals surface area contributed by atoms with Crippen LogP contribution in [-0.4, -0.2) is 81.6 Å². The highest BCUT2D eigenvalue weighted by Gasteiger charge is 2.42. The Hall–Kier alpha value is -3.51. The van der Waals surface area contributed by atoms with Crippen LogP contribution in [0.5, 0.6) is 0 Å². The van der Waals surface area contributed by atoms with Crippen LogP contribution in [-0.2, 0) is 0 Å². The van der Waals surface area contributed by atoms with E-state index in [1.54, 1.807) is 29.9 Å². The van der Waals surface area contributed by atoms with Gasteiger partial charge in [-0.3, -0.25) is 9.59 Å². The molecule has 1 aliphatic heterocycles. The number of rotatable bonds is 10. The Labute approximate surface area is 213 Å². The molecule has 0 atom stereocenters. The fraction of sp³-hybridized carbons (Fsp3) is 0.520. The zero-order valence-corrected chi connectivity index (χ0v) is 20.9. The van der Waals surface area contributed by atoms with Crippen LogP contribution in [0.15, 0.2) is 35.4 Å². The van der Waals surface area contributed by atoms with Crippen molar-refractivity contribution in [2.75, 3.05) is 57.1 Å². The number of hydrogen-bond donors (Lipinski definition) is 4. The van der Waals surface area contributed by atoms with Crippen molar-refractivity contribution in [3.8, 4) is 0 Å². The zero-order chi connectivity index (χ0) is 26.0. The summed E-state index contributed by atoms with van der Waals surface area (Å²) < 4.78 is 15.9. The maximum atomic E-state index is 13.3. The minimum Gasteiger partial charge on any atom is -0.396 e. The Kier molecular flexibility index (Phi) is 7.11. The third-order valence-electron chi connectivity index (χ3n) is 7.48. The molecular formula is C25H33FN8O3. The number of aliphatic hydroxyl groups is 1. The van der Waals surface area contributed by atoms with Gasteiger partial charge in [0, 0.05) is 56.9 Å². The minimum absolute atomic E-state index is 0.0452. The van der Waals surface area contributed by atoms with Gasteiger partial charge in [-0.1, -0.05) is 0 Å². The Bertz CT molecular complexity index is 1330. The number of alkyl halides is 1. The molecule has 0 aromatic carbocycles. The number of piperidine rings is 1. The predicted octanol–water partition coefficient (Wildman–Crippen LogP) is 1.78. The first-order valence-electron chi connectivity index (χ1n) is 12.7. The predicted molar refractivity (Wildman–Crippen MR) is 138 cm³/mol. The average Bonchev–Trinajstić information content (AvgIpc) is 3.58. The summed E-state index contributed by atoms with van der Waals surface area (Å²) in [5, 5.41) is 22.9. The lowest BCUT2D eigenvalue weighted by Crippen LogP contribution is -2.38. The number of nitrogens with one attached hydrogen (secondary N) is 3. The van der Waals surface area contributed by atoms with Gasteiger partial charge in [-0.25, -0.2) is 9.37 Å². The van der Waals surface area contributed by atoms with E-state index in [9.17, 15) is 19.1 Å². The lowest BCUT2D eigenvalue weighted by molar-refractivity contribution is 0.0936. The average molecular weight is 513 g/mol. The van der Waals surface area contributed by atoms with Gasteiger partial charge in [-0.2, -0.15) is 9.61 Å². The summed E-state index contributed by atoms with van der Waals surface area (Å²) in [7, 11) is 1.74. The second kappa shape index (κ2) is 10.5. The number of halogens is 1. The molecular weight excluding hydrogens is 479 g/mol. The van der Waals surface area contributed by atoms with Crippen LogP contribution in [0.25, 0.3) is 5.65 Å². The van der Waals surface area contributed by atoms with Crippen molar-refractivity contribution in [3.05, 3.63) is 46.5 Å². The lowest BCUT2D eigenvalue weighted by Gasteiger charge is -2.32. The first kappa shape index (κ1) is 25.2. The van der Waals surface area contributed by atoms with Crippen molar-refractivity contribution >= 4 is 28.9 Å². The molecule has 1 saturated carbocycles. The number of anilines is 3. The topological polar surface area (TPSA) is 129 Å². The fourth-order valence-corrected chi connectivity index (χ4v) is 4.87. The van der Waals surface area contributed by atoms with Crippen LogP contribution in [0.4, 0.5) is 21.7 Å². The first-order valence-corrected chi connectivity index (χ1v) is 12.7. The van der Waals surface area contributed by atoms with Gasteiger partial charge in [0.1, 0.15) is 29.6 Å². The molecule has 0 bridgehead atoms. The van der Waals surface area contributed by atoms with Crippen LogP contribution in [0.1, 0.15) is 42.1 Å². The maximum Gasteiger partial charge on any atom is 0.274 e. The smallest absolute Gasteiger partial charge is 0.274 e. The lowest BCUT2D eigenvalue weighted by atomic mass is 10.0. The van der Waals surface area contributed by atoms with Crippen molar-refractivity contribution in [2.24, 2.45) is 5.41 Å². The second-order valence-corrected chi connectivity index (χ2v) is 9.93. The molecule has 1 amide bonds. The van der Waals surface area contributed by atoms with Crippen molar-refractivity contribution in [1.82, 2.24) is 29.4 Å². The molecule has 1 aliphatic carbocycles. The Morgan fingerprint density at radius 2 is 2.08 bits per heavy atom. The van der Waals surface area contributed by atoms with E-state index in [2.05, 4.69) is 30.9 Å². The Morgan fingerprint density at radius 3 is 2.76 bits per heavy atom. The number of likely N-dealkylation sites (tertiary alicyclic amines) is 1. The third kappa shape index (κ3) is 5.16. The van der Waals surface area contributed by atoms with Gasteiger partial charge >= 0.3 is 0 Å². The van der Waals surface area contributed by atoms with Gasteiger partial charge in [0.15, 0.2) is 5.65 Å². The quantitative estimate of drug-likeness (QED) is 0.324. The van der Waals surface area contributed by atoms with E-state index >= 15 is 0 Å². The highest BCUT2D eigenvalue weighted by atomic mass is 19.1. The number of carbonyl (C=O) groups is 1. The second-order valence-electron chi connectivity index (χ2n) is 9.93. The summed E-state index contributed by atoms with van der Waals surface area (Å²) in [6.45, 7) is 2.03. The normalized spacial score (nSPS) is 17.6. The molecule has 5 rings (SSSR count). The van der Waals surface area contributed by atoms with Gasteiger partial charge in [-0.05, 0) is 37.8 Å². The molecule has 0 radical (unpaired) electrons. The highest BCUT2D eigenvalue weighted by Crippen LogP contribution is 2.44. The molecule has 3 aromatic rings. The van der Waals surface area contributed by atoms with E-state index in [-0.39, 0.29) is 36.2 Å².